The lowest BCUT2D eigenvalue weighted by Crippen LogP contribution is -2.44. The van der Waals surface area contributed by atoms with Crippen LogP contribution in [0.2, 0.25) is 18.1 Å². The van der Waals surface area contributed by atoms with Crippen molar-refractivity contribution in [2.24, 2.45) is 0 Å². The van der Waals surface area contributed by atoms with Gasteiger partial charge in [0.05, 0.1) is 12.7 Å². The number of rotatable bonds is 4. The number of ether oxygens (including phenoxy) is 2. The highest BCUT2D eigenvalue weighted by Crippen LogP contribution is 2.37. The average Bonchev–Trinajstić information content (AvgIpc) is 2.59. The summed E-state index contributed by atoms with van der Waals surface area (Å²) in [7, 11) is -1.82. The van der Waals surface area contributed by atoms with Crippen LogP contribution in [0.5, 0.6) is 0 Å². The molecule has 1 aliphatic rings. The van der Waals surface area contributed by atoms with E-state index in [0.29, 0.717) is 13.0 Å². The summed E-state index contributed by atoms with van der Waals surface area (Å²) in [6, 6.07) is 0. The molecule has 0 saturated carbocycles. The van der Waals surface area contributed by atoms with Gasteiger partial charge in [0, 0.05) is 6.42 Å². The zero-order valence-corrected chi connectivity index (χ0v) is 16.3. The van der Waals surface area contributed by atoms with Gasteiger partial charge in [0.2, 0.25) is 0 Å². The molecule has 5 heteroatoms. The molecule has 1 rings (SSSR count). The van der Waals surface area contributed by atoms with Crippen molar-refractivity contribution < 1.29 is 19.0 Å². The first-order chi connectivity index (χ1) is 9.84. The Bertz CT molecular complexity index is 426. The molecule has 3 atom stereocenters. The molecular weight excluding hydrogens is 296 g/mol. The lowest BCUT2D eigenvalue weighted by atomic mass is 10.2. The zero-order chi connectivity index (χ0) is 17.2. The van der Waals surface area contributed by atoms with Gasteiger partial charge in [-0.2, -0.15) is 0 Å². The van der Waals surface area contributed by atoms with Crippen molar-refractivity contribution in [3.05, 3.63) is 0 Å². The van der Waals surface area contributed by atoms with Crippen LogP contribution < -0.4 is 0 Å². The Morgan fingerprint density at radius 3 is 2.36 bits per heavy atom. The van der Waals surface area contributed by atoms with Crippen molar-refractivity contribution in [3.8, 4) is 11.8 Å². The van der Waals surface area contributed by atoms with Crippen LogP contribution in [0, 0.1) is 11.8 Å². The minimum atomic E-state index is -1.82. The van der Waals surface area contributed by atoms with Gasteiger partial charge in [-0.3, -0.25) is 0 Å². The van der Waals surface area contributed by atoms with E-state index in [1.165, 1.54) is 0 Å². The second-order valence-electron chi connectivity index (χ2n) is 8.04. The van der Waals surface area contributed by atoms with Crippen molar-refractivity contribution >= 4 is 8.32 Å². The Morgan fingerprint density at radius 2 is 1.86 bits per heavy atom. The summed E-state index contributed by atoms with van der Waals surface area (Å²) in [5, 5.41) is 9.46. The number of aliphatic hydroxyl groups is 1. The predicted molar refractivity (Wildman–Crippen MR) is 91.0 cm³/mol. The van der Waals surface area contributed by atoms with E-state index in [2.05, 4.69) is 45.7 Å². The van der Waals surface area contributed by atoms with Crippen LogP contribution in [0.1, 0.15) is 48.0 Å². The van der Waals surface area contributed by atoms with E-state index in [1.54, 1.807) is 6.92 Å². The van der Waals surface area contributed by atoms with Crippen molar-refractivity contribution in [1.29, 1.82) is 0 Å². The highest BCUT2D eigenvalue weighted by molar-refractivity contribution is 6.74. The van der Waals surface area contributed by atoms with E-state index in [1.807, 2.05) is 13.8 Å². The predicted octanol–water partition coefficient (Wildman–Crippen LogP) is 3.30. The first-order valence-corrected chi connectivity index (χ1v) is 10.9. The summed E-state index contributed by atoms with van der Waals surface area (Å²) in [6.45, 7) is 17.1. The normalized spacial score (nSPS) is 26.4. The first kappa shape index (κ1) is 19.7. The third-order valence-corrected chi connectivity index (χ3v) is 8.74. The van der Waals surface area contributed by atoms with Crippen LogP contribution in [-0.2, 0) is 13.9 Å². The molecule has 0 aromatic rings. The monoisotopic (exact) mass is 328 g/mol. The van der Waals surface area contributed by atoms with Crippen molar-refractivity contribution in [1.82, 2.24) is 0 Å². The van der Waals surface area contributed by atoms with Gasteiger partial charge >= 0.3 is 0 Å². The molecule has 1 fully saturated rings. The maximum Gasteiger partial charge on any atom is 0.192 e. The largest absolute Gasteiger partial charge is 0.414 e. The fourth-order valence-corrected chi connectivity index (χ4v) is 2.91. The van der Waals surface area contributed by atoms with E-state index in [9.17, 15) is 5.11 Å². The van der Waals surface area contributed by atoms with Gasteiger partial charge in [-0.15, -0.1) is 0 Å². The summed E-state index contributed by atoms with van der Waals surface area (Å²) in [5.41, 5.74) is 0. The first-order valence-electron chi connectivity index (χ1n) is 8.00. The third kappa shape index (κ3) is 5.67. The molecular formula is C17H32O4Si. The minimum absolute atomic E-state index is 0.162. The second kappa shape index (κ2) is 7.02. The van der Waals surface area contributed by atoms with Gasteiger partial charge in [0.15, 0.2) is 14.1 Å². The summed E-state index contributed by atoms with van der Waals surface area (Å²) in [6.07, 6.45) is -0.482. The highest BCUT2D eigenvalue weighted by atomic mass is 28.4. The Hall–Kier alpha value is -0.383. The Labute approximate surface area is 136 Å². The molecule has 4 nitrogen and oxygen atoms in total. The topological polar surface area (TPSA) is 47.9 Å². The summed E-state index contributed by atoms with van der Waals surface area (Å²) in [4.78, 5) is 0. The van der Waals surface area contributed by atoms with Crippen LogP contribution in [-0.4, -0.2) is 44.1 Å². The van der Waals surface area contributed by atoms with Crippen molar-refractivity contribution in [2.75, 3.05) is 6.61 Å². The van der Waals surface area contributed by atoms with Crippen LogP contribution >= 0.6 is 0 Å². The van der Waals surface area contributed by atoms with Crippen LogP contribution in [0.25, 0.3) is 0 Å². The average molecular weight is 329 g/mol. The maximum atomic E-state index is 9.30. The van der Waals surface area contributed by atoms with E-state index >= 15 is 0 Å². The molecule has 22 heavy (non-hydrogen) atoms. The highest BCUT2D eigenvalue weighted by Gasteiger charge is 2.43. The number of aliphatic hydroxyl groups excluding tert-OH is 1. The van der Waals surface area contributed by atoms with Gasteiger partial charge in [0.1, 0.15) is 12.2 Å². The SMILES string of the molecule is C[C@H](O)CC#C[C@H]1OC(C)(C)O[C@H]1CO[Si](C)(C)C(C)(C)C. The lowest BCUT2D eigenvalue weighted by Gasteiger charge is -2.37. The Kier molecular flexibility index (Phi) is 6.27. The van der Waals surface area contributed by atoms with E-state index in [4.69, 9.17) is 13.9 Å². The molecule has 0 radical (unpaired) electrons. The molecule has 0 unspecified atom stereocenters. The van der Waals surface area contributed by atoms with Gasteiger partial charge in [-0.05, 0) is 38.9 Å². The van der Waals surface area contributed by atoms with E-state index in [-0.39, 0.29) is 17.2 Å². The zero-order valence-electron chi connectivity index (χ0n) is 15.3. The maximum absolute atomic E-state index is 9.30. The molecule has 0 aromatic carbocycles. The molecule has 0 aromatic heterocycles. The molecule has 0 amide bonds. The van der Waals surface area contributed by atoms with Crippen molar-refractivity contribution in [3.63, 3.8) is 0 Å². The van der Waals surface area contributed by atoms with Gasteiger partial charge in [0.25, 0.3) is 0 Å². The molecule has 128 valence electrons. The molecule has 1 N–H and O–H groups in total. The fourth-order valence-electron chi connectivity index (χ4n) is 1.89. The van der Waals surface area contributed by atoms with Gasteiger partial charge in [-0.25, -0.2) is 0 Å². The van der Waals surface area contributed by atoms with E-state index < -0.39 is 20.2 Å². The molecule has 0 bridgehead atoms. The molecule has 1 saturated heterocycles. The van der Waals surface area contributed by atoms with Crippen LogP contribution in [0.15, 0.2) is 0 Å². The number of hydrogen-bond donors (Lipinski definition) is 1. The quantitative estimate of drug-likeness (QED) is 0.635. The fraction of sp³-hybridized carbons (Fsp3) is 0.882. The van der Waals surface area contributed by atoms with E-state index in [0.717, 1.165) is 0 Å². The Balaban J connectivity index is 2.71. The molecule has 0 aliphatic carbocycles. The molecule has 1 heterocycles. The summed E-state index contributed by atoms with van der Waals surface area (Å²) >= 11 is 0. The summed E-state index contributed by atoms with van der Waals surface area (Å²) < 4.78 is 18.0. The number of hydrogen-bond acceptors (Lipinski definition) is 4. The van der Waals surface area contributed by atoms with Crippen molar-refractivity contribution in [2.45, 2.75) is 90.2 Å². The third-order valence-electron chi connectivity index (χ3n) is 4.24. The smallest absolute Gasteiger partial charge is 0.192 e. The standard InChI is InChI=1S/C17H32O4Si/c1-13(18)10-9-11-14-15(21-17(5,6)20-14)12-19-22(7,8)16(2,3)4/h13-15,18H,10,12H2,1-8H3/t13-,14+,15-/m0/s1. The lowest BCUT2D eigenvalue weighted by molar-refractivity contribution is -0.145. The summed E-state index contributed by atoms with van der Waals surface area (Å²) in [5.74, 6) is 5.40. The minimum Gasteiger partial charge on any atom is -0.414 e. The molecule has 0 spiro atoms. The molecule has 1 aliphatic heterocycles. The Morgan fingerprint density at radius 1 is 1.27 bits per heavy atom. The van der Waals surface area contributed by atoms with Crippen LogP contribution in [0.4, 0.5) is 0 Å². The second-order valence-corrected chi connectivity index (χ2v) is 12.8. The van der Waals surface area contributed by atoms with Gasteiger partial charge in [-0.1, -0.05) is 32.6 Å². The van der Waals surface area contributed by atoms with Gasteiger partial charge < -0.3 is 19.0 Å². The van der Waals surface area contributed by atoms with Crippen LogP contribution in [0.3, 0.4) is 0 Å².